The van der Waals surface area contributed by atoms with Gasteiger partial charge in [0, 0.05) is 12.1 Å². The molecule has 2 aromatic heterocycles. The molecule has 2 rings (SSSR count). The van der Waals surface area contributed by atoms with Crippen LogP contribution in [0.3, 0.4) is 0 Å². The highest BCUT2D eigenvalue weighted by Crippen LogP contribution is 2.24. The lowest BCUT2D eigenvalue weighted by Gasteiger charge is -2.12. The van der Waals surface area contributed by atoms with Gasteiger partial charge in [-0.2, -0.15) is 5.26 Å². The van der Waals surface area contributed by atoms with E-state index in [0.29, 0.717) is 36.4 Å². The van der Waals surface area contributed by atoms with Crippen LogP contribution < -0.4 is 9.47 Å². The smallest absolute Gasteiger partial charge is 0.213 e. The van der Waals surface area contributed by atoms with Crippen molar-refractivity contribution in [1.29, 1.82) is 5.26 Å². The molecular formula is C24H33N3O2. The largest absolute Gasteiger partial charge is 0.478 e. The standard InChI is InChI=1S/C24H33N3O2/c1-3-5-7-9-17-28-23-15-11-13-21(26-23)20(19-25)22-14-12-16-24(27-22)29-18-10-8-6-4-2/h11-16,20H,3-10,17-18H2,1-2H3. The van der Waals surface area contributed by atoms with E-state index in [1.807, 2.05) is 36.4 Å². The van der Waals surface area contributed by atoms with E-state index in [1.165, 1.54) is 25.7 Å². The van der Waals surface area contributed by atoms with Crippen LogP contribution in [0.1, 0.15) is 82.5 Å². The number of rotatable bonds is 14. The molecule has 0 fully saturated rings. The summed E-state index contributed by atoms with van der Waals surface area (Å²) in [5.74, 6) is 0.562. The number of aromatic nitrogens is 2. The molecule has 0 aromatic carbocycles. The van der Waals surface area contributed by atoms with Gasteiger partial charge in [0.1, 0.15) is 5.92 Å². The van der Waals surface area contributed by atoms with Crippen LogP contribution in [0.15, 0.2) is 36.4 Å². The van der Waals surface area contributed by atoms with Crippen molar-refractivity contribution in [2.24, 2.45) is 0 Å². The van der Waals surface area contributed by atoms with Crippen molar-refractivity contribution < 1.29 is 9.47 Å². The molecule has 2 aromatic rings. The number of ether oxygens (including phenoxy) is 2. The highest BCUT2D eigenvalue weighted by molar-refractivity contribution is 5.33. The van der Waals surface area contributed by atoms with Crippen molar-refractivity contribution in [3.8, 4) is 17.8 Å². The summed E-state index contributed by atoms with van der Waals surface area (Å²) >= 11 is 0. The van der Waals surface area contributed by atoms with E-state index < -0.39 is 5.92 Å². The third-order valence-electron chi connectivity index (χ3n) is 4.71. The maximum Gasteiger partial charge on any atom is 0.213 e. The molecule has 0 saturated carbocycles. The van der Waals surface area contributed by atoms with Gasteiger partial charge in [-0.1, -0.05) is 64.5 Å². The Hall–Kier alpha value is -2.61. The predicted octanol–water partition coefficient (Wildman–Crippen LogP) is 6.05. The van der Waals surface area contributed by atoms with Gasteiger partial charge in [0.05, 0.1) is 30.7 Å². The molecule has 0 aliphatic carbocycles. The average molecular weight is 396 g/mol. The molecule has 0 N–H and O–H groups in total. The molecule has 0 unspecified atom stereocenters. The van der Waals surface area contributed by atoms with Crippen molar-refractivity contribution in [3.63, 3.8) is 0 Å². The Kier molecular flexibility index (Phi) is 10.6. The first-order valence-electron chi connectivity index (χ1n) is 10.9. The van der Waals surface area contributed by atoms with Crippen LogP contribution in [0.5, 0.6) is 11.8 Å². The molecule has 0 saturated heterocycles. The second kappa shape index (κ2) is 13.5. The molecule has 0 aliphatic rings. The van der Waals surface area contributed by atoms with Crippen LogP contribution >= 0.6 is 0 Å². The Balaban J connectivity index is 1.99. The van der Waals surface area contributed by atoms with Crippen LogP contribution in [0.25, 0.3) is 0 Å². The van der Waals surface area contributed by atoms with E-state index in [9.17, 15) is 5.26 Å². The van der Waals surface area contributed by atoms with Crippen LogP contribution in [0, 0.1) is 11.3 Å². The zero-order valence-electron chi connectivity index (χ0n) is 17.8. The van der Waals surface area contributed by atoms with E-state index in [2.05, 4.69) is 29.9 Å². The number of hydrogen-bond acceptors (Lipinski definition) is 5. The van der Waals surface area contributed by atoms with Gasteiger partial charge in [-0.25, -0.2) is 9.97 Å². The minimum absolute atomic E-state index is 0.553. The Bertz CT molecular complexity index is 700. The Morgan fingerprint density at radius 2 is 1.24 bits per heavy atom. The van der Waals surface area contributed by atoms with Crippen molar-refractivity contribution in [2.45, 2.75) is 71.1 Å². The van der Waals surface area contributed by atoms with Crippen LogP contribution in [0.4, 0.5) is 0 Å². The highest BCUT2D eigenvalue weighted by atomic mass is 16.5. The van der Waals surface area contributed by atoms with Gasteiger partial charge >= 0.3 is 0 Å². The maximum absolute atomic E-state index is 9.75. The molecule has 2 heterocycles. The van der Waals surface area contributed by atoms with Crippen LogP contribution in [-0.2, 0) is 0 Å². The maximum atomic E-state index is 9.75. The molecule has 0 aliphatic heterocycles. The van der Waals surface area contributed by atoms with Crippen LogP contribution in [-0.4, -0.2) is 23.2 Å². The lowest BCUT2D eigenvalue weighted by Crippen LogP contribution is -2.07. The van der Waals surface area contributed by atoms with Crippen molar-refractivity contribution in [2.75, 3.05) is 13.2 Å². The molecular weight excluding hydrogens is 362 g/mol. The summed E-state index contributed by atoms with van der Waals surface area (Å²) in [5.41, 5.74) is 1.29. The van der Waals surface area contributed by atoms with Crippen LogP contribution in [0.2, 0.25) is 0 Å². The first kappa shape index (κ1) is 22.7. The predicted molar refractivity (Wildman–Crippen MR) is 115 cm³/mol. The molecule has 0 radical (unpaired) electrons. The van der Waals surface area contributed by atoms with Gasteiger partial charge in [-0.3, -0.25) is 0 Å². The Morgan fingerprint density at radius 1 is 0.759 bits per heavy atom. The monoisotopic (exact) mass is 395 g/mol. The molecule has 5 heteroatoms. The quantitative estimate of drug-likeness (QED) is 0.364. The minimum atomic E-state index is -0.553. The summed E-state index contributed by atoms with van der Waals surface area (Å²) in [6.45, 7) is 5.67. The van der Waals surface area contributed by atoms with E-state index >= 15 is 0 Å². The Morgan fingerprint density at radius 3 is 1.66 bits per heavy atom. The number of hydrogen-bond donors (Lipinski definition) is 0. The average Bonchev–Trinajstić information content (AvgIpc) is 2.75. The van der Waals surface area contributed by atoms with Crippen molar-refractivity contribution in [3.05, 3.63) is 47.8 Å². The topological polar surface area (TPSA) is 68.0 Å². The molecule has 0 amide bonds. The number of nitrogens with zero attached hydrogens (tertiary/aromatic N) is 3. The van der Waals surface area contributed by atoms with E-state index in [0.717, 1.165) is 25.7 Å². The fourth-order valence-electron chi connectivity index (χ4n) is 3.04. The highest BCUT2D eigenvalue weighted by Gasteiger charge is 2.18. The second-order valence-corrected chi connectivity index (χ2v) is 7.18. The normalized spacial score (nSPS) is 10.7. The van der Waals surface area contributed by atoms with Crippen molar-refractivity contribution in [1.82, 2.24) is 9.97 Å². The SMILES string of the molecule is CCCCCCOc1cccc(C(C#N)c2cccc(OCCCCCC)n2)n1. The molecule has 0 bridgehead atoms. The summed E-state index contributed by atoms with van der Waals surface area (Å²) in [4.78, 5) is 9.08. The lowest BCUT2D eigenvalue weighted by atomic mass is 10.0. The fourth-order valence-corrected chi connectivity index (χ4v) is 3.04. The van der Waals surface area contributed by atoms with Gasteiger partial charge in [0.25, 0.3) is 0 Å². The zero-order valence-corrected chi connectivity index (χ0v) is 17.8. The molecule has 0 spiro atoms. The van der Waals surface area contributed by atoms with E-state index in [1.54, 1.807) is 0 Å². The lowest BCUT2D eigenvalue weighted by molar-refractivity contribution is 0.292. The minimum Gasteiger partial charge on any atom is -0.478 e. The molecule has 29 heavy (non-hydrogen) atoms. The third kappa shape index (κ3) is 8.11. The van der Waals surface area contributed by atoms with Gasteiger partial charge in [-0.15, -0.1) is 0 Å². The summed E-state index contributed by atoms with van der Waals surface area (Å²) in [6.07, 6.45) is 9.18. The summed E-state index contributed by atoms with van der Waals surface area (Å²) in [5, 5.41) is 9.75. The van der Waals surface area contributed by atoms with E-state index in [4.69, 9.17) is 9.47 Å². The summed E-state index contributed by atoms with van der Waals surface area (Å²) in [7, 11) is 0. The first-order valence-corrected chi connectivity index (χ1v) is 10.9. The third-order valence-corrected chi connectivity index (χ3v) is 4.71. The van der Waals surface area contributed by atoms with Gasteiger partial charge in [-0.05, 0) is 25.0 Å². The summed E-state index contributed by atoms with van der Waals surface area (Å²) in [6, 6.07) is 13.4. The summed E-state index contributed by atoms with van der Waals surface area (Å²) < 4.78 is 11.5. The van der Waals surface area contributed by atoms with E-state index in [-0.39, 0.29) is 0 Å². The van der Waals surface area contributed by atoms with Gasteiger partial charge < -0.3 is 9.47 Å². The molecule has 5 nitrogen and oxygen atoms in total. The first-order chi connectivity index (χ1) is 14.3. The number of nitriles is 1. The van der Waals surface area contributed by atoms with Gasteiger partial charge in [0.2, 0.25) is 11.8 Å². The number of unbranched alkanes of at least 4 members (excludes halogenated alkanes) is 6. The van der Waals surface area contributed by atoms with Gasteiger partial charge in [0.15, 0.2) is 0 Å². The molecule has 156 valence electrons. The Labute approximate surface area is 175 Å². The fraction of sp³-hybridized carbons (Fsp3) is 0.542. The second-order valence-electron chi connectivity index (χ2n) is 7.18. The zero-order chi connectivity index (χ0) is 20.7. The van der Waals surface area contributed by atoms with Crippen molar-refractivity contribution >= 4 is 0 Å². The molecule has 0 atom stereocenters. The number of pyridine rings is 2.